The van der Waals surface area contributed by atoms with Gasteiger partial charge < -0.3 is 9.52 Å². The second-order valence-electron chi connectivity index (χ2n) is 3.06. The predicted molar refractivity (Wildman–Crippen MR) is 48.0 cm³/mol. The molecule has 1 N–H and O–H groups in total. The molecule has 0 spiro atoms. The Balaban J connectivity index is 2.81. The van der Waals surface area contributed by atoms with Crippen LogP contribution in [0.2, 0.25) is 0 Å². The topological polar surface area (TPSA) is 72.4 Å². The van der Waals surface area contributed by atoms with Crippen LogP contribution in [0.15, 0.2) is 21.3 Å². The van der Waals surface area contributed by atoms with E-state index in [2.05, 4.69) is 4.42 Å². The lowest BCUT2D eigenvalue weighted by atomic mass is 10.3. The summed E-state index contributed by atoms with van der Waals surface area (Å²) in [4.78, 5) is 21.6. The molecule has 5 nitrogen and oxygen atoms in total. The van der Waals surface area contributed by atoms with Gasteiger partial charge >= 0.3 is 11.7 Å². The summed E-state index contributed by atoms with van der Waals surface area (Å²) in [5.74, 6) is -4.87. The Labute approximate surface area is 86.5 Å². The van der Waals surface area contributed by atoms with E-state index in [1.54, 1.807) is 0 Å². The minimum Gasteiger partial charge on any atom is -0.480 e. The van der Waals surface area contributed by atoms with Gasteiger partial charge in [-0.2, -0.15) is 0 Å². The number of carboxylic acid groups (broad SMARTS) is 1. The van der Waals surface area contributed by atoms with Crippen LogP contribution < -0.4 is 5.76 Å². The lowest BCUT2D eigenvalue weighted by molar-refractivity contribution is -0.137. The molecule has 16 heavy (non-hydrogen) atoms. The lowest BCUT2D eigenvalue weighted by Crippen LogP contribution is -2.20. The molecule has 7 heteroatoms. The Bertz CT molecular complexity index is 628. The fourth-order valence-electron chi connectivity index (χ4n) is 1.38. The Hall–Kier alpha value is -2.18. The van der Waals surface area contributed by atoms with Gasteiger partial charge in [0.1, 0.15) is 12.1 Å². The van der Waals surface area contributed by atoms with E-state index >= 15 is 0 Å². The zero-order valence-electron chi connectivity index (χ0n) is 7.74. The molecule has 0 aliphatic rings. The Kier molecular flexibility index (Phi) is 2.22. The molecule has 1 heterocycles. The van der Waals surface area contributed by atoms with Crippen molar-refractivity contribution in [2.24, 2.45) is 0 Å². The first-order valence-electron chi connectivity index (χ1n) is 4.20. The van der Waals surface area contributed by atoms with E-state index in [1.807, 2.05) is 0 Å². The third-order valence-corrected chi connectivity index (χ3v) is 2.01. The van der Waals surface area contributed by atoms with Gasteiger partial charge in [0.05, 0.1) is 0 Å². The zero-order chi connectivity index (χ0) is 11.9. The molecule has 0 fully saturated rings. The number of aromatic nitrogens is 1. The average Bonchev–Trinajstić information content (AvgIpc) is 2.50. The minimum atomic E-state index is -1.35. The fraction of sp³-hybridized carbons (Fsp3) is 0.111. The molecule has 0 atom stereocenters. The SMILES string of the molecule is O=C(O)Cn1c(=O)oc2ccc(F)c(F)c21. The third kappa shape index (κ3) is 1.46. The summed E-state index contributed by atoms with van der Waals surface area (Å²) < 4.78 is 31.3. The van der Waals surface area contributed by atoms with Crippen molar-refractivity contribution in [2.45, 2.75) is 6.54 Å². The number of carboxylic acids is 1. The van der Waals surface area contributed by atoms with Crippen molar-refractivity contribution in [3.8, 4) is 0 Å². The van der Waals surface area contributed by atoms with Crippen LogP contribution in [0.1, 0.15) is 0 Å². The van der Waals surface area contributed by atoms with Gasteiger partial charge in [-0.3, -0.25) is 9.36 Å². The maximum atomic E-state index is 13.3. The average molecular weight is 229 g/mol. The highest BCUT2D eigenvalue weighted by Gasteiger charge is 2.18. The van der Waals surface area contributed by atoms with Gasteiger partial charge in [-0.25, -0.2) is 13.6 Å². The molecule has 1 aromatic heterocycles. The maximum absolute atomic E-state index is 13.3. The van der Waals surface area contributed by atoms with Crippen LogP contribution in [-0.2, 0) is 11.3 Å². The Morgan fingerprint density at radius 2 is 2.12 bits per heavy atom. The number of nitrogens with zero attached hydrogens (tertiary/aromatic N) is 1. The Morgan fingerprint density at radius 3 is 2.75 bits per heavy atom. The summed E-state index contributed by atoms with van der Waals surface area (Å²) >= 11 is 0. The van der Waals surface area contributed by atoms with Crippen LogP contribution in [-0.4, -0.2) is 15.6 Å². The second-order valence-corrected chi connectivity index (χ2v) is 3.06. The number of benzene rings is 1. The highest BCUT2D eigenvalue weighted by Crippen LogP contribution is 2.19. The molecule has 2 aromatic rings. The molecular weight excluding hydrogens is 224 g/mol. The van der Waals surface area contributed by atoms with E-state index in [4.69, 9.17) is 5.11 Å². The quantitative estimate of drug-likeness (QED) is 0.832. The molecule has 0 saturated carbocycles. The largest absolute Gasteiger partial charge is 0.480 e. The summed E-state index contributed by atoms with van der Waals surface area (Å²) in [6, 6.07) is 1.86. The molecule has 1 aromatic carbocycles. The van der Waals surface area contributed by atoms with E-state index in [9.17, 15) is 18.4 Å². The molecule has 0 aliphatic heterocycles. The third-order valence-electron chi connectivity index (χ3n) is 2.01. The molecule has 0 unspecified atom stereocenters. The molecule has 0 aliphatic carbocycles. The van der Waals surface area contributed by atoms with Crippen LogP contribution in [0.3, 0.4) is 0 Å². The molecule has 0 amide bonds. The summed E-state index contributed by atoms with van der Waals surface area (Å²) in [5, 5.41) is 8.51. The highest BCUT2D eigenvalue weighted by atomic mass is 19.2. The highest BCUT2D eigenvalue weighted by molar-refractivity contribution is 5.76. The van der Waals surface area contributed by atoms with Crippen LogP contribution >= 0.6 is 0 Å². The summed E-state index contributed by atoms with van der Waals surface area (Å²) in [7, 11) is 0. The van der Waals surface area contributed by atoms with Crippen molar-refractivity contribution in [1.29, 1.82) is 0 Å². The van der Waals surface area contributed by atoms with Crippen molar-refractivity contribution >= 4 is 17.1 Å². The standard InChI is InChI=1S/C9H5F2NO4/c10-4-1-2-5-8(7(4)11)12(3-6(13)14)9(15)16-5/h1-2H,3H2,(H,13,14). The summed E-state index contributed by atoms with van der Waals surface area (Å²) in [5.41, 5.74) is -0.669. The Morgan fingerprint density at radius 1 is 1.44 bits per heavy atom. The van der Waals surface area contributed by atoms with Gasteiger partial charge in [0.15, 0.2) is 17.2 Å². The molecule has 0 radical (unpaired) electrons. The van der Waals surface area contributed by atoms with Crippen molar-refractivity contribution in [3.63, 3.8) is 0 Å². The molecule has 0 saturated heterocycles. The van der Waals surface area contributed by atoms with Gasteiger partial charge in [-0.15, -0.1) is 0 Å². The number of hydrogen-bond donors (Lipinski definition) is 1. The van der Waals surface area contributed by atoms with E-state index in [-0.39, 0.29) is 5.58 Å². The maximum Gasteiger partial charge on any atom is 0.420 e. The minimum absolute atomic E-state index is 0.190. The van der Waals surface area contributed by atoms with E-state index in [0.29, 0.717) is 4.57 Å². The molecule has 0 bridgehead atoms. The number of rotatable bonds is 2. The fourth-order valence-corrected chi connectivity index (χ4v) is 1.38. The predicted octanol–water partition coefficient (Wildman–Crippen LogP) is 0.957. The van der Waals surface area contributed by atoms with Crippen molar-refractivity contribution < 1.29 is 23.1 Å². The van der Waals surface area contributed by atoms with E-state index in [1.165, 1.54) is 0 Å². The summed E-state index contributed by atoms with van der Waals surface area (Å²) in [6.07, 6.45) is 0. The normalized spacial score (nSPS) is 10.9. The zero-order valence-corrected chi connectivity index (χ0v) is 7.74. The van der Waals surface area contributed by atoms with Crippen LogP contribution in [0.5, 0.6) is 0 Å². The number of fused-ring (bicyclic) bond motifs is 1. The summed E-state index contributed by atoms with van der Waals surface area (Å²) in [6.45, 7) is -0.786. The first-order valence-corrected chi connectivity index (χ1v) is 4.20. The molecular formula is C9H5F2NO4. The van der Waals surface area contributed by atoms with Gasteiger partial charge in [-0.05, 0) is 12.1 Å². The first kappa shape index (κ1) is 10.3. The van der Waals surface area contributed by atoms with Crippen LogP contribution in [0.25, 0.3) is 11.1 Å². The van der Waals surface area contributed by atoms with Gasteiger partial charge in [0.2, 0.25) is 0 Å². The van der Waals surface area contributed by atoms with Gasteiger partial charge in [0, 0.05) is 0 Å². The van der Waals surface area contributed by atoms with E-state index < -0.39 is 35.4 Å². The second kappa shape index (κ2) is 3.44. The molecule has 84 valence electrons. The van der Waals surface area contributed by atoms with Gasteiger partial charge in [-0.1, -0.05) is 0 Å². The van der Waals surface area contributed by atoms with Gasteiger partial charge in [0.25, 0.3) is 0 Å². The van der Waals surface area contributed by atoms with Crippen LogP contribution in [0.4, 0.5) is 8.78 Å². The van der Waals surface area contributed by atoms with Crippen molar-refractivity contribution in [2.75, 3.05) is 0 Å². The first-order chi connectivity index (χ1) is 7.50. The smallest absolute Gasteiger partial charge is 0.420 e. The monoisotopic (exact) mass is 229 g/mol. The number of oxazole rings is 1. The number of hydrogen-bond acceptors (Lipinski definition) is 3. The number of aliphatic carboxylic acids is 1. The van der Waals surface area contributed by atoms with Crippen molar-refractivity contribution in [1.82, 2.24) is 4.57 Å². The number of halogens is 2. The van der Waals surface area contributed by atoms with Crippen LogP contribution in [0, 0.1) is 11.6 Å². The lowest BCUT2D eigenvalue weighted by Gasteiger charge is -1.98. The number of carbonyl (C=O) groups is 1. The van der Waals surface area contributed by atoms with E-state index in [0.717, 1.165) is 12.1 Å². The van der Waals surface area contributed by atoms with Crippen molar-refractivity contribution in [3.05, 3.63) is 34.3 Å². The molecule has 2 rings (SSSR count).